The van der Waals surface area contributed by atoms with Crippen LogP contribution in [0.4, 0.5) is 4.39 Å². The lowest BCUT2D eigenvalue weighted by Crippen LogP contribution is -2.24. The van der Waals surface area contributed by atoms with Gasteiger partial charge in [0.1, 0.15) is 5.82 Å². The normalized spacial score (nSPS) is 12.4. The van der Waals surface area contributed by atoms with Crippen LogP contribution in [0.2, 0.25) is 0 Å². The lowest BCUT2D eigenvalue weighted by atomic mass is 9.95. The van der Waals surface area contributed by atoms with Crippen LogP contribution in [0.5, 0.6) is 0 Å². The summed E-state index contributed by atoms with van der Waals surface area (Å²) in [7, 11) is 0. The summed E-state index contributed by atoms with van der Waals surface area (Å²) in [6.07, 6.45) is 1.87. The van der Waals surface area contributed by atoms with Crippen LogP contribution in [0.25, 0.3) is 0 Å². The molecule has 0 aromatic heterocycles. The van der Waals surface area contributed by atoms with Crippen LogP contribution in [0.15, 0.2) is 46.9 Å². The lowest BCUT2D eigenvalue weighted by molar-refractivity contribution is 0.525. The minimum atomic E-state index is -0.172. The van der Waals surface area contributed by atoms with Crippen molar-refractivity contribution in [1.29, 1.82) is 0 Å². The monoisotopic (exact) mass is 349 g/mol. The molecule has 0 aliphatic heterocycles. The highest BCUT2D eigenvalue weighted by molar-refractivity contribution is 9.10. The molecule has 3 heteroatoms. The van der Waals surface area contributed by atoms with Crippen molar-refractivity contribution in [3.05, 3.63) is 69.4 Å². The molecule has 1 N–H and O–H groups in total. The Hall–Kier alpha value is -1.19. The van der Waals surface area contributed by atoms with Gasteiger partial charge >= 0.3 is 0 Å². The maximum absolute atomic E-state index is 13.4. The minimum Gasteiger partial charge on any atom is -0.310 e. The van der Waals surface area contributed by atoms with Gasteiger partial charge in [-0.15, -0.1) is 0 Å². The zero-order valence-electron chi connectivity index (χ0n) is 12.5. The first-order valence-corrected chi connectivity index (χ1v) is 8.13. The molecular formula is C18H21BrFN. The second-order valence-electron chi connectivity index (χ2n) is 5.34. The van der Waals surface area contributed by atoms with Crippen molar-refractivity contribution >= 4 is 15.9 Å². The number of benzene rings is 2. The van der Waals surface area contributed by atoms with Crippen LogP contribution in [0.3, 0.4) is 0 Å². The molecule has 0 radical (unpaired) electrons. The Morgan fingerprint density at radius 1 is 1.19 bits per heavy atom. The molecule has 0 fully saturated rings. The van der Waals surface area contributed by atoms with Gasteiger partial charge in [-0.2, -0.15) is 0 Å². The lowest BCUT2D eigenvalue weighted by Gasteiger charge is -2.21. The van der Waals surface area contributed by atoms with Crippen molar-refractivity contribution in [2.75, 3.05) is 6.54 Å². The van der Waals surface area contributed by atoms with E-state index in [4.69, 9.17) is 0 Å². The molecule has 0 amide bonds. The van der Waals surface area contributed by atoms with Crippen LogP contribution in [-0.2, 0) is 6.42 Å². The molecule has 1 nitrogen and oxygen atoms in total. The van der Waals surface area contributed by atoms with Gasteiger partial charge in [0, 0.05) is 10.5 Å². The summed E-state index contributed by atoms with van der Waals surface area (Å²) in [6.45, 7) is 5.22. The third-order valence-electron chi connectivity index (χ3n) is 3.58. The average molecular weight is 350 g/mol. The third kappa shape index (κ3) is 4.65. The van der Waals surface area contributed by atoms with Gasteiger partial charge in [-0.05, 0) is 67.3 Å². The highest BCUT2D eigenvalue weighted by atomic mass is 79.9. The van der Waals surface area contributed by atoms with Crippen LogP contribution in [0, 0.1) is 12.7 Å². The number of halogens is 2. The van der Waals surface area contributed by atoms with E-state index in [1.807, 2.05) is 6.07 Å². The fourth-order valence-electron chi connectivity index (χ4n) is 2.54. The van der Waals surface area contributed by atoms with Gasteiger partial charge in [0.25, 0.3) is 0 Å². The van der Waals surface area contributed by atoms with Crippen LogP contribution < -0.4 is 5.32 Å². The van der Waals surface area contributed by atoms with Crippen molar-refractivity contribution in [1.82, 2.24) is 5.32 Å². The fourth-order valence-corrected chi connectivity index (χ4v) is 3.02. The zero-order valence-corrected chi connectivity index (χ0v) is 14.1. The summed E-state index contributed by atoms with van der Waals surface area (Å²) in [4.78, 5) is 0. The van der Waals surface area contributed by atoms with E-state index in [0.717, 1.165) is 29.4 Å². The summed E-state index contributed by atoms with van der Waals surface area (Å²) in [5.41, 5.74) is 3.54. The molecular weight excluding hydrogens is 329 g/mol. The van der Waals surface area contributed by atoms with Gasteiger partial charge in [-0.25, -0.2) is 4.39 Å². The summed E-state index contributed by atoms with van der Waals surface area (Å²) in [6, 6.07) is 13.4. The molecule has 2 aromatic carbocycles. The second-order valence-corrected chi connectivity index (χ2v) is 6.26. The molecule has 0 saturated heterocycles. The van der Waals surface area contributed by atoms with Gasteiger partial charge in [0.15, 0.2) is 0 Å². The summed E-state index contributed by atoms with van der Waals surface area (Å²) >= 11 is 3.50. The number of aryl methyl sites for hydroxylation is 1. The van der Waals surface area contributed by atoms with E-state index >= 15 is 0 Å². The van der Waals surface area contributed by atoms with Crippen molar-refractivity contribution in [2.24, 2.45) is 0 Å². The van der Waals surface area contributed by atoms with Crippen molar-refractivity contribution in [2.45, 2.75) is 32.7 Å². The van der Waals surface area contributed by atoms with Crippen molar-refractivity contribution in [3.63, 3.8) is 0 Å². The molecule has 2 rings (SSSR count). The smallest absolute Gasteiger partial charge is 0.123 e. The third-order valence-corrected chi connectivity index (χ3v) is 4.07. The Morgan fingerprint density at radius 2 is 2.00 bits per heavy atom. The topological polar surface area (TPSA) is 12.0 Å². The molecule has 21 heavy (non-hydrogen) atoms. The Kier molecular flexibility index (Phi) is 5.95. The van der Waals surface area contributed by atoms with Crippen LogP contribution in [-0.4, -0.2) is 6.54 Å². The highest BCUT2D eigenvalue weighted by Gasteiger charge is 2.14. The van der Waals surface area contributed by atoms with Gasteiger partial charge in [-0.1, -0.05) is 41.1 Å². The second kappa shape index (κ2) is 7.71. The first-order chi connectivity index (χ1) is 10.1. The van der Waals surface area contributed by atoms with Crippen LogP contribution in [0.1, 0.15) is 36.1 Å². The molecule has 1 atom stereocenters. The van der Waals surface area contributed by atoms with Gasteiger partial charge < -0.3 is 5.32 Å². The number of rotatable bonds is 6. The van der Waals surface area contributed by atoms with Crippen LogP contribution >= 0.6 is 15.9 Å². The Labute approximate surface area is 134 Å². The Morgan fingerprint density at radius 3 is 2.67 bits per heavy atom. The van der Waals surface area contributed by atoms with E-state index in [2.05, 4.69) is 53.3 Å². The molecule has 0 spiro atoms. The van der Waals surface area contributed by atoms with Gasteiger partial charge in [0.05, 0.1) is 0 Å². The van der Waals surface area contributed by atoms with E-state index in [1.165, 1.54) is 17.2 Å². The quantitative estimate of drug-likeness (QED) is 0.757. The first-order valence-electron chi connectivity index (χ1n) is 7.34. The highest BCUT2D eigenvalue weighted by Crippen LogP contribution is 2.25. The Balaban J connectivity index is 2.25. The maximum atomic E-state index is 13.4. The fraction of sp³-hybridized carbons (Fsp3) is 0.333. The maximum Gasteiger partial charge on any atom is 0.123 e. The summed E-state index contributed by atoms with van der Waals surface area (Å²) in [5.74, 6) is -0.172. The molecule has 0 aliphatic carbocycles. The molecule has 2 aromatic rings. The molecule has 112 valence electrons. The number of hydrogen-bond acceptors (Lipinski definition) is 1. The first kappa shape index (κ1) is 16.2. The Bertz CT molecular complexity index is 598. The van der Waals surface area contributed by atoms with E-state index in [-0.39, 0.29) is 11.9 Å². The molecule has 0 saturated carbocycles. The zero-order chi connectivity index (χ0) is 15.2. The molecule has 0 aliphatic rings. The average Bonchev–Trinajstić information content (AvgIpc) is 2.44. The van der Waals surface area contributed by atoms with E-state index in [0.29, 0.717) is 0 Å². The predicted molar refractivity (Wildman–Crippen MR) is 90.0 cm³/mol. The standard InChI is InChI=1S/C18H21BrFN/c1-3-9-21-18(12-14-5-4-6-16(20)11-14)17-8-7-15(19)10-13(17)2/h4-8,10-11,18,21H,3,9,12H2,1-2H3. The largest absolute Gasteiger partial charge is 0.310 e. The molecule has 0 heterocycles. The van der Waals surface area contributed by atoms with E-state index in [9.17, 15) is 4.39 Å². The molecule has 0 bridgehead atoms. The molecule has 1 unspecified atom stereocenters. The number of hydrogen-bond donors (Lipinski definition) is 1. The van der Waals surface area contributed by atoms with Gasteiger partial charge in [0.2, 0.25) is 0 Å². The predicted octanol–water partition coefficient (Wildman–Crippen LogP) is 5.18. The minimum absolute atomic E-state index is 0.172. The number of nitrogens with one attached hydrogen (secondary N) is 1. The summed E-state index contributed by atoms with van der Waals surface area (Å²) < 4.78 is 14.5. The SMILES string of the molecule is CCCNC(Cc1cccc(F)c1)c1ccc(Br)cc1C. The van der Waals surface area contributed by atoms with Gasteiger partial charge in [-0.3, -0.25) is 0 Å². The van der Waals surface area contributed by atoms with E-state index < -0.39 is 0 Å². The van der Waals surface area contributed by atoms with Crippen molar-refractivity contribution in [3.8, 4) is 0 Å². The van der Waals surface area contributed by atoms with Crippen molar-refractivity contribution < 1.29 is 4.39 Å². The summed E-state index contributed by atoms with van der Waals surface area (Å²) in [5, 5.41) is 3.58. The van der Waals surface area contributed by atoms with E-state index in [1.54, 1.807) is 12.1 Å².